The summed E-state index contributed by atoms with van der Waals surface area (Å²) in [6.45, 7) is 0. The number of imidazole rings is 1. The van der Waals surface area contributed by atoms with E-state index in [1.54, 1.807) is 24.3 Å². The van der Waals surface area contributed by atoms with Gasteiger partial charge in [-0.1, -0.05) is 29.8 Å². The fourth-order valence-electron chi connectivity index (χ4n) is 1.79. The number of nitrogens with one attached hydrogen (secondary N) is 1. The summed E-state index contributed by atoms with van der Waals surface area (Å²) in [5.74, 6) is 0.915. The first-order chi connectivity index (χ1) is 8.24. The van der Waals surface area contributed by atoms with Gasteiger partial charge in [0, 0.05) is 5.56 Å². The lowest BCUT2D eigenvalue weighted by molar-refractivity contribution is 0.475. The van der Waals surface area contributed by atoms with Gasteiger partial charge in [-0.05, 0) is 24.3 Å². The maximum absolute atomic E-state index is 9.44. The summed E-state index contributed by atoms with van der Waals surface area (Å²) in [5.41, 5.74) is 2.46. The lowest BCUT2D eigenvalue weighted by atomic mass is 10.2. The largest absolute Gasteiger partial charge is 0.508 e. The molecule has 3 aromatic rings. The van der Waals surface area contributed by atoms with Gasteiger partial charge in [0.15, 0.2) is 0 Å². The van der Waals surface area contributed by atoms with Crippen LogP contribution >= 0.6 is 11.6 Å². The summed E-state index contributed by atoms with van der Waals surface area (Å²) in [7, 11) is 0. The van der Waals surface area contributed by atoms with Crippen LogP contribution < -0.4 is 0 Å². The summed E-state index contributed by atoms with van der Waals surface area (Å²) in [5, 5.41) is 10.1. The van der Waals surface area contributed by atoms with Crippen LogP contribution in [0.5, 0.6) is 5.75 Å². The molecule has 0 saturated heterocycles. The summed E-state index contributed by atoms with van der Waals surface area (Å²) in [6, 6.07) is 12.5. The highest BCUT2D eigenvalue weighted by Gasteiger charge is 2.07. The summed E-state index contributed by atoms with van der Waals surface area (Å²) < 4.78 is 0. The maximum atomic E-state index is 9.44. The second-order valence-electron chi connectivity index (χ2n) is 3.77. The van der Waals surface area contributed by atoms with Crippen LogP contribution in [0, 0.1) is 0 Å². The zero-order chi connectivity index (χ0) is 11.8. The van der Waals surface area contributed by atoms with E-state index < -0.39 is 0 Å². The standard InChI is InChI=1S/C13H9ClN2O/c14-10-5-2-6-11-12(10)16-13(15-11)8-3-1-4-9(17)7-8/h1-7,17H,(H,15,16). The van der Waals surface area contributed by atoms with Crippen molar-refractivity contribution in [3.05, 3.63) is 47.5 Å². The third kappa shape index (κ3) is 1.74. The predicted molar refractivity (Wildman–Crippen MR) is 68.2 cm³/mol. The second-order valence-corrected chi connectivity index (χ2v) is 4.18. The number of aromatic nitrogens is 2. The summed E-state index contributed by atoms with van der Waals surface area (Å²) >= 11 is 6.06. The Morgan fingerprint density at radius 1 is 1.12 bits per heavy atom. The molecule has 0 saturated carbocycles. The van der Waals surface area contributed by atoms with E-state index in [1.807, 2.05) is 18.2 Å². The highest BCUT2D eigenvalue weighted by atomic mass is 35.5. The first-order valence-corrected chi connectivity index (χ1v) is 5.55. The van der Waals surface area contributed by atoms with E-state index in [4.69, 9.17) is 11.6 Å². The Hall–Kier alpha value is -2.00. The molecule has 4 heteroatoms. The van der Waals surface area contributed by atoms with Crippen molar-refractivity contribution in [2.45, 2.75) is 0 Å². The molecular formula is C13H9ClN2O. The molecule has 1 aromatic heterocycles. The van der Waals surface area contributed by atoms with Gasteiger partial charge >= 0.3 is 0 Å². The predicted octanol–water partition coefficient (Wildman–Crippen LogP) is 3.59. The van der Waals surface area contributed by atoms with Crippen molar-refractivity contribution in [1.82, 2.24) is 9.97 Å². The van der Waals surface area contributed by atoms with E-state index >= 15 is 0 Å². The Labute approximate surface area is 103 Å². The molecular weight excluding hydrogens is 236 g/mol. The van der Waals surface area contributed by atoms with Gasteiger partial charge in [0.05, 0.1) is 10.5 Å². The molecule has 0 amide bonds. The average Bonchev–Trinajstić information content (AvgIpc) is 2.74. The molecule has 84 valence electrons. The fraction of sp³-hybridized carbons (Fsp3) is 0. The van der Waals surface area contributed by atoms with E-state index in [9.17, 15) is 5.11 Å². The molecule has 1 heterocycles. The van der Waals surface area contributed by atoms with Crippen LogP contribution in [0.15, 0.2) is 42.5 Å². The number of H-pyrrole nitrogens is 1. The number of halogens is 1. The van der Waals surface area contributed by atoms with Gasteiger partial charge in [-0.3, -0.25) is 0 Å². The molecule has 0 radical (unpaired) electrons. The van der Waals surface area contributed by atoms with Crippen LogP contribution in [-0.4, -0.2) is 15.1 Å². The molecule has 0 spiro atoms. The van der Waals surface area contributed by atoms with Crippen molar-refractivity contribution in [3.8, 4) is 17.1 Å². The molecule has 0 unspecified atom stereocenters. The van der Waals surface area contributed by atoms with Crippen LogP contribution in [0.25, 0.3) is 22.4 Å². The number of hydrogen-bond donors (Lipinski definition) is 2. The zero-order valence-corrected chi connectivity index (χ0v) is 9.57. The number of nitrogens with zero attached hydrogens (tertiary/aromatic N) is 1. The van der Waals surface area contributed by atoms with Gasteiger partial charge < -0.3 is 10.1 Å². The first kappa shape index (κ1) is 10.2. The molecule has 0 aliphatic carbocycles. The minimum atomic E-state index is 0.217. The van der Waals surface area contributed by atoms with Crippen molar-refractivity contribution < 1.29 is 5.11 Å². The number of para-hydroxylation sites is 1. The number of fused-ring (bicyclic) bond motifs is 1. The maximum Gasteiger partial charge on any atom is 0.138 e. The molecule has 0 aliphatic rings. The fourth-order valence-corrected chi connectivity index (χ4v) is 2.00. The normalized spacial score (nSPS) is 10.9. The third-order valence-corrected chi connectivity index (χ3v) is 2.89. The van der Waals surface area contributed by atoms with Crippen molar-refractivity contribution in [2.24, 2.45) is 0 Å². The van der Waals surface area contributed by atoms with E-state index in [1.165, 1.54) is 0 Å². The van der Waals surface area contributed by atoms with Gasteiger partial charge in [0.1, 0.15) is 17.1 Å². The summed E-state index contributed by atoms with van der Waals surface area (Å²) in [6.07, 6.45) is 0. The van der Waals surface area contributed by atoms with Crippen LogP contribution in [0.3, 0.4) is 0 Å². The molecule has 3 nitrogen and oxygen atoms in total. The number of aromatic amines is 1. The molecule has 3 rings (SSSR count). The highest BCUT2D eigenvalue weighted by molar-refractivity contribution is 6.34. The van der Waals surface area contributed by atoms with E-state index in [-0.39, 0.29) is 5.75 Å². The lowest BCUT2D eigenvalue weighted by Crippen LogP contribution is -1.79. The van der Waals surface area contributed by atoms with Crippen molar-refractivity contribution in [2.75, 3.05) is 0 Å². The number of phenols is 1. The molecule has 0 fully saturated rings. The van der Waals surface area contributed by atoms with Crippen LogP contribution in [0.2, 0.25) is 5.02 Å². The van der Waals surface area contributed by atoms with E-state index in [0.29, 0.717) is 10.8 Å². The molecule has 0 bridgehead atoms. The Bertz CT molecular complexity index is 691. The molecule has 2 N–H and O–H groups in total. The van der Waals surface area contributed by atoms with Gasteiger partial charge in [0.25, 0.3) is 0 Å². The molecule has 2 aromatic carbocycles. The number of aromatic hydroxyl groups is 1. The van der Waals surface area contributed by atoms with Crippen molar-refractivity contribution in [3.63, 3.8) is 0 Å². The topological polar surface area (TPSA) is 48.9 Å². The quantitative estimate of drug-likeness (QED) is 0.687. The molecule has 0 atom stereocenters. The first-order valence-electron chi connectivity index (χ1n) is 5.18. The van der Waals surface area contributed by atoms with Crippen LogP contribution in [-0.2, 0) is 0 Å². The SMILES string of the molecule is Oc1cccc(-c2nc3c(Cl)cccc3[nH]2)c1. The Balaban J connectivity index is 2.22. The number of benzene rings is 2. The van der Waals surface area contributed by atoms with E-state index in [0.717, 1.165) is 16.6 Å². The van der Waals surface area contributed by atoms with Gasteiger partial charge in [0.2, 0.25) is 0 Å². The number of phenolic OH excluding ortho intramolecular Hbond substituents is 1. The van der Waals surface area contributed by atoms with Crippen molar-refractivity contribution in [1.29, 1.82) is 0 Å². The minimum Gasteiger partial charge on any atom is -0.508 e. The third-order valence-electron chi connectivity index (χ3n) is 2.58. The Kier molecular flexibility index (Phi) is 2.27. The Morgan fingerprint density at radius 2 is 1.94 bits per heavy atom. The van der Waals surface area contributed by atoms with Gasteiger partial charge in [-0.25, -0.2) is 4.98 Å². The highest BCUT2D eigenvalue weighted by Crippen LogP contribution is 2.26. The average molecular weight is 245 g/mol. The van der Waals surface area contributed by atoms with Crippen LogP contribution in [0.1, 0.15) is 0 Å². The zero-order valence-electron chi connectivity index (χ0n) is 8.81. The van der Waals surface area contributed by atoms with E-state index in [2.05, 4.69) is 9.97 Å². The molecule has 17 heavy (non-hydrogen) atoms. The number of rotatable bonds is 1. The molecule has 0 aliphatic heterocycles. The smallest absolute Gasteiger partial charge is 0.138 e. The lowest BCUT2D eigenvalue weighted by Gasteiger charge is -1.96. The minimum absolute atomic E-state index is 0.217. The number of hydrogen-bond acceptors (Lipinski definition) is 2. The van der Waals surface area contributed by atoms with Crippen molar-refractivity contribution >= 4 is 22.6 Å². The summed E-state index contributed by atoms with van der Waals surface area (Å²) in [4.78, 5) is 7.60. The monoisotopic (exact) mass is 244 g/mol. The van der Waals surface area contributed by atoms with Gasteiger partial charge in [-0.2, -0.15) is 0 Å². The van der Waals surface area contributed by atoms with Gasteiger partial charge in [-0.15, -0.1) is 0 Å². The Morgan fingerprint density at radius 3 is 2.71 bits per heavy atom. The van der Waals surface area contributed by atoms with Crippen LogP contribution in [0.4, 0.5) is 0 Å². The second kappa shape index (κ2) is 3.79.